The number of halogens is 9. The maximum Gasteiger partial charge on any atom is 0.433 e. The van der Waals surface area contributed by atoms with Gasteiger partial charge in [0.1, 0.15) is 5.41 Å². The summed E-state index contributed by atoms with van der Waals surface area (Å²) in [6, 6.07) is 0.360. The highest BCUT2D eigenvalue weighted by molar-refractivity contribution is 5.42. The Hall–Kier alpha value is -1.52. The van der Waals surface area contributed by atoms with E-state index in [0.29, 0.717) is 12.3 Å². The summed E-state index contributed by atoms with van der Waals surface area (Å²) in [7, 11) is 0. The van der Waals surface area contributed by atoms with Gasteiger partial charge < -0.3 is 5.32 Å². The molecule has 2 nitrogen and oxygen atoms in total. The maximum atomic E-state index is 13.4. The van der Waals surface area contributed by atoms with Gasteiger partial charge in [-0.3, -0.25) is 4.98 Å². The van der Waals surface area contributed by atoms with Crippen molar-refractivity contribution in [1.29, 1.82) is 0 Å². The molecule has 0 spiro atoms. The van der Waals surface area contributed by atoms with Crippen molar-refractivity contribution in [3.05, 3.63) is 29.1 Å². The van der Waals surface area contributed by atoms with E-state index in [-0.39, 0.29) is 6.54 Å². The third kappa shape index (κ3) is 2.98. The smallest absolute Gasteiger partial charge is 0.315 e. The average Bonchev–Trinajstić information content (AvgIpc) is 2.85. The highest BCUT2D eigenvalue weighted by atomic mass is 19.4. The third-order valence-electron chi connectivity index (χ3n) is 3.72. The lowest BCUT2D eigenvalue weighted by molar-refractivity contribution is -0.190. The summed E-state index contributed by atoms with van der Waals surface area (Å²) in [6.07, 6.45) is -16.8. The molecule has 0 aliphatic carbocycles. The molecular formula is C12H9F9N2. The minimum atomic E-state index is -5.63. The molecule has 1 unspecified atom stereocenters. The predicted octanol–water partition coefficient (Wildman–Crippen LogP) is 3.91. The highest BCUT2D eigenvalue weighted by Gasteiger charge is 2.61. The van der Waals surface area contributed by atoms with Crippen molar-refractivity contribution in [3.63, 3.8) is 0 Å². The Labute approximate surface area is 123 Å². The van der Waals surface area contributed by atoms with Crippen LogP contribution in [0.2, 0.25) is 0 Å². The van der Waals surface area contributed by atoms with Gasteiger partial charge in [-0.1, -0.05) is 0 Å². The van der Waals surface area contributed by atoms with Gasteiger partial charge in [-0.2, -0.15) is 39.5 Å². The van der Waals surface area contributed by atoms with Gasteiger partial charge in [0.05, 0.1) is 5.56 Å². The Morgan fingerprint density at radius 1 is 0.957 bits per heavy atom. The van der Waals surface area contributed by atoms with Gasteiger partial charge in [0.2, 0.25) is 0 Å². The van der Waals surface area contributed by atoms with Crippen molar-refractivity contribution in [2.75, 3.05) is 13.1 Å². The lowest BCUT2D eigenvalue weighted by atomic mass is 9.76. The second kappa shape index (κ2) is 5.25. The van der Waals surface area contributed by atoms with Crippen LogP contribution in [0.15, 0.2) is 12.3 Å². The Bertz CT molecular complexity index is 580. The topological polar surface area (TPSA) is 24.9 Å². The third-order valence-corrected chi connectivity index (χ3v) is 3.72. The molecule has 1 saturated heterocycles. The van der Waals surface area contributed by atoms with Gasteiger partial charge in [-0.15, -0.1) is 0 Å². The molecule has 1 fully saturated rings. The lowest BCUT2D eigenvalue weighted by Crippen LogP contribution is -2.46. The molecule has 1 atom stereocenters. The van der Waals surface area contributed by atoms with Crippen LogP contribution in [0.4, 0.5) is 39.5 Å². The number of alkyl halides is 9. The van der Waals surface area contributed by atoms with E-state index in [1.165, 1.54) is 0 Å². The molecule has 130 valence electrons. The average molecular weight is 352 g/mol. The molecule has 11 heteroatoms. The van der Waals surface area contributed by atoms with Crippen LogP contribution >= 0.6 is 0 Å². The van der Waals surface area contributed by atoms with Gasteiger partial charge in [-0.05, 0) is 24.6 Å². The molecule has 1 aliphatic heterocycles. The van der Waals surface area contributed by atoms with E-state index in [9.17, 15) is 39.5 Å². The molecule has 0 bridgehead atoms. The summed E-state index contributed by atoms with van der Waals surface area (Å²) >= 11 is 0. The number of rotatable bonds is 1. The van der Waals surface area contributed by atoms with Gasteiger partial charge in [-0.25, -0.2) is 0 Å². The lowest BCUT2D eigenvalue weighted by Gasteiger charge is -2.34. The van der Waals surface area contributed by atoms with E-state index < -0.39 is 53.7 Å². The summed E-state index contributed by atoms with van der Waals surface area (Å²) in [5.74, 6) is 0. The van der Waals surface area contributed by atoms with Crippen molar-refractivity contribution < 1.29 is 39.5 Å². The second-order valence-corrected chi connectivity index (χ2v) is 5.08. The zero-order valence-corrected chi connectivity index (χ0v) is 11.1. The van der Waals surface area contributed by atoms with Crippen LogP contribution in [0.25, 0.3) is 0 Å². The Balaban J connectivity index is 2.82. The SMILES string of the molecule is FC(F)(F)c1nccc(C2(C(F)(F)F)CCNC2)c1C(F)(F)F. The predicted molar refractivity (Wildman–Crippen MR) is 59.5 cm³/mol. The largest absolute Gasteiger partial charge is 0.433 e. The molecule has 1 aromatic heterocycles. The number of hydrogen-bond donors (Lipinski definition) is 1. The van der Waals surface area contributed by atoms with Gasteiger partial charge in [0.15, 0.2) is 5.69 Å². The first-order valence-electron chi connectivity index (χ1n) is 6.22. The minimum absolute atomic E-state index is 0.263. The van der Waals surface area contributed by atoms with E-state index in [1.54, 1.807) is 0 Å². The first-order valence-corrected chi connectivity index (χ1v) is 6.22. The van der Waals surface area contributed by atoms with Crippen LogP contribution in [0.3, 0.4) is 0 Å². The fourth-order valence-electron chi connectivity index (χ4n) is 2.68. The van der Waals surface area contributed by atoms with E-state index >= 15 is 0 Å². The molecule has 23 heavy (non-hydrogen) atoms. The van der Waals surface area contributed by atoms with Crippen molar-refractivity contribution in [3.8, 4) is 0 Å². The van der Waals surface area contributed by atoms with Crippen LogP contribution in [0.5, 0.6) is 0 Å². The monoisotopic (exact) mass is 352 g/mol. The van der Waals surface area contributed by atoms with Crippen molar-refractivity contribution in [1.82, 2.24) is 10.3 Å². The molecule has 2 heterocycles. The second-order valence-electron chi connectivity index (χ2n) is 5.08. The van der Waals surface area contributed by atoms with Crippen LogP contribution in [-0.2, 0) is 17.8 Å². The summed E-state index contributed by atoms with van der Waals surface area (Å²) in [4.78, 5) is 2.63. The van der Waals surface area contributed by atoms with Crippen molar-refractivity contribution >= 4 is 0 Å². The van der Waals surface area contributed by atoms with Crippen LogP contribution in [-0.4, -0.2) is 24.2 Å². The Morgan fingerprint density at radius 3 is 1.96 bits per heavy atom. The van der Waals surface area contributed by atoms with Crippen molar-refractivity contribution in [2.24, 2.45) is 0 Å². The van der Waals surface area contributed by atoms with Crippen LogP contribution < -0.4 is 5.32 Å². The number of pyridine rings is 1. The molecule has 1 aliphatic rings. The molecule has 2 rings (SSSR count). The molecule has 0 amide bonds. The molecule has 0 radical (unpaired) electrons. The Kier molecular flexibility index (Phi) is 4.07. The van der Waals surface area contributed by atoms with E-state index in [2.05, 4.69) is 10.3 Å². The quantitative estimate of drug-likeness (QED) is 0.776. The molecule has 0 saturated carbocycles. The van der Waals surface area contributed by atoms with Crippen molar-refractivity contribution in [2.45, 2.75) is 30.4 Å². The molecule has 1 aromatic rings. The number of aromatic nitrogens is 1. The highest BCUT2D eigenvalue weighted by Crippen LogP contribution is 2.51. The normalized spacial score (nSPS) is 23.3. The minimum Gasteiger partial charge on any atom is -0.315 e. The van der Waals surface area contributed by atoms with Crippen LogP contribution in [0, 0.1) is 0 Å². The number of nitrogens with one attached hydrogen (secondary N) is 1. The molecular weight excluding hydrogens is 343 g/mol. The fraction of sp³-hybridized carbons (Fsp3) is 0.583. The zero-order chi connectivity index (χ0) is 17.7. The van der Waals surface area contributed by atoms with E-state index in [0.717, 1.165) is 0 Å². The maximum absolute atomic E-state index is 13.4. The zero-order valence-electron chi connectivity index (χ0n) is 11.1. The molecule has 1 N–H and O–H groups in total. The van der Waals surface area contributed by atoms with Gasteiger partial charge >= 0.3 is 18.5 Å². The van der Waals surface area contributed by atoms with E-state index in [1.807, 2.05) is 0 Å². The van der Waals surface area contributed by atoms with Gasteiger partial charge in [0, 0.05) is 12.7 Å². The first kappa shape index (κ1) is 17.8. The summed E-state index contributed by atoms with van der Waals surface area (Å²) in [6.45, 7) is -1.19. The summed E-state index contributed by atoms with van der Waals surface area (Å²) in [5, 5.41) is 2.27. The van der Waals surface area contributed by atoms with Gasteiger partial charge in [0.25, 0.3) is 0 Å². The van der Waals surface area contributed by atoms with E-state index in [4.69, 9.17) is 0 Å². The molecule has 0 aromatic carbocycles. The number of nitrogens with zero attached hydrogens (tertiary/aromatic N) is 1. The first-order chi connectivity index (χ1) is 10.3. The fourth-order valence-corrected chi connectivity index (χ4v) is 2.68. The number of hydrogen-bond acceptors (Lipinski definition) is 2. The summed E-state index contributed by atoms with van der Waals surface area (Å²) in [5.41, 5.74) is -9.24. The summed E-state index contributed by atoms with van der Waals surface area (Å²) < 4.78 is 118. The van der Waals surface area contributed by atoms with Crippen LogP contribution in [0.1, 0.15) is 23.2 Å². The standard InChI is InChI=1S/C12H9F9N2/c13-10(14,15)7-6(1-3-23-8(7)11(16,17)18)9(12(19,20)21)2-4-22-5-9/h1,3,22H,2,4-5H2. The Morgan fingerprint density at radius 2 is 1.57 bits per heavy atom.